The fraction of sp³-hybridized carbons (Fsp3) is 0.188. The van der Waals surface area contributed by atoms with Crippen molar-refractivity contribution in [1.82, 2.24) is 15.0 Å². The average molecular weight is 298 g/mol. The summed E-state index contributed by atoms with van der Waals surface area (Å²) in [5.74, 6) is 1.11. The van der Waals surface area contributed by atoms with Crippen molar-refractivity contribution in [2.24, 2.45) is 0 Å². The minimum atomic E-state index is -0.111. The number of allylic oxidation sites excluding steroid dienone is 2. The second-order valence-corrected chi connectivity index (χ2v) is 4.86. The number of anilines is 1. The molecule has 0 aliphatic heterocycles. The number of nitrogens with two attached hydrogens (primary N) is 1. The molecule has 22 heavy (non-hydrogen) atoms. The summed E-state index contributed by atoms with van der Waals surface area (Å²) in [5.41, 5.74) is 7.14. The summed E-state index contributed by atoms with van der Waals surface area (Å²) in [7, 11) is 0. The number of nitrogen functional groups attached to an aromatic ring is 1. The largest absolute Gasteiger partial charge is 0.488 e. The van der Waals surface area contributed by atoms with Gasteiger partial charge in [0.25, 0.3) is 0 Å². The molecule has 1 aromatic carbocycles. The first-order valence-corrected chi connectivity index (χ1v) is 6.94. The SMILES string of the molecule is Nc1ncnc(-c2ccccc2OCC2=CCCC(F)=C2)n1. The van der Waals surface area contributed by atoms with E-state index in [0.29, 0.717) is 31.0 Å². The molecule has 0 fully saturated rings. The van der Waals surface area contributed by atoms with Crippen LogP contribution in [0.3, 0.4) is 0 Å². The molecule has 3 rings (SSSR count). The van der Waals surface area contributed by atoms with Gasteiger partial charge in [-0.2, -0.15) is 4.98 Å². The normalized spacial score (nSPS) is 14.2. The summed E-state index contributed by atoms with van der Waals surface area (Å²) in [6.45, 7) is 0.297. The second-order valence-electron chi connectivity index (χ2n) is 4.86. The quantitative estimate of drug-likeness (QED) is 0.939. The van der Waals surface area contributed by atoms with Gasteiger partial charge >= 0.3 is 0 Å². The number of hydrogen-bond acceptors (Lipinski definition) is 5. The Bertz CT molecular complexity index is 742. The molecule has 6 heteroatoms. The molecule has 0 saturated heterocycles. The average Bonchev–Trinajstić information content (AvgIpc) is 2.53. The molecule has 1 aromatic heterocycles. The van der Waals surface area contributed by atoms with Crippen molar-refractivity contribution >= 4 is 5.95 Å². The summed E-state index contributed by atoms with van der Waals surface area (Å²) in [6, 6.07) is 7.38. The van der Waals surface area contributed by atoms with Gasteiger partial charge in [-0.25, -0.2) is 14.4 Å². The highest BCUT2D eigenvalue weighted by atomic mass is 19.1. The van der Waals surface area contributed by atoms with E-state index < -0.39 is 0 Å². The summed E-state index contributed by atoms with van der Waals surface area (Å²) >= 11 is 0. The van der Waals surface area contributed by atoms with Gasteiger partial charge in [0.05, 0.1) is 5.56 Å². The highest BCUT2D eigenvalue weighted by molar-refractivity contribution is 5.64. The first-order chi connectivity index (χ1) is 10.7. The molecule has 0 amide bonds. The first kappa shape index (κ1) is 14.2. The number of ether oxygens (including phenoxy) is 1. The van der Waals surface area contributed by atoms with Crippen LogP contribution in [-0.2, 0) is 0 Å². The van der Waals surface area contributed by atoms with Gasteiger partial charge in [-0.15, -0.1) is 0 Å². The molecule has 0 bridgehead atoms. The van der Waals surface area contributed by atoms with E-state index in [0.717, 1.165) is 11.1 Å². The Morgan fingerprint density at radius 3 is 2.91 bits per heavy atom. The van der Waals surface area contributed by atoms with Crippen LogP contribution in [0.4, 0.5) is 10.3 Å². The van der Waals surface area contributed by atoms with Crippen LogP contribution in [0, 0.1) is 0 Å². The fourth-order valence-electron chi connectivity index (χ4n) is 2.21. The number of halogens is 1. The van der Waals surface area contributed by atoms with Crippen molar-refractivity contribution in [3.05, 3.63) is 54.1 Å². The van der Waals surface area contributed by atoms with E-state index in [1.165, 1.54) is 12.4 Å². The van der Waals surface area contributed by atoms with Gasteiger partial charge in [-0.05, 0) is 30.2 Å². The van der Waals surface area contributed by atoms with E-state index in [2.05, 4.69) is 15.0 Å². The van der Waals surface area contributed by atoms with Gasteiger partial charge in [0, 0.05) is 6.42 Å². The number of hydrogen-bond donors (Lipinski definition) is 1. The molecular formula is C16H15FN4O. The minimum absolute atomic E-state index is 0.111. The molecule has 2 aromatic rings. The van der Waals surface area contributed by atoms with Crippen LogP contribution in [0.5, 0.6) is 5.75 Å². The van der Waals surface area contributed by atoms with Gasteiger partial charge in [-0.1, -0.05) is 18.2 Å². The number of benzene rings is 1. The van der Waals surface area contributed by atoms with Gasteiger partial charge in [0.2, 0.25) is 5.95 Å². The van der Waals surface area contributed by atoms with Crippen LogP contribution in [0.2, 0.25) is 0 Å². The molecule has 0 unspecified atom stereocenters. The molecule has 2 N–H and O–H groups in total. The Balaban J connectivity index is 1.82. The van der Waals surface area contributed by atoms with Gasteiger partial charge in [0.15, 0.2) is 5.82 Å². The van der Waals surface area contributed by atoms with Crippen molar-refractivity contribution in [1.29, 1.82) is 0 Å². The molecule has 1 aliphatic rings. The van der Waals surface area contributed by atoms with Crippen molar-refractivity contribution in [3.63, 3.8) is 0 Å². The molecule has 0 spiro atoms. The van der Waals surface area contributed by atoms with E-state index in [-0.39, 0.29) is 11.8 Å². The van der Waals surface area contributed by atoms with Crippen molar-refractivity contribution in [2.45, 2.75) is 12.8 Å². The zero-order chi connectivity index (χ0) is 15.4. The lowest BCUT2D eigenvalue weighted by atomic mass is 10.1. The second kappa shape index (κ2) is 6.34. The van der Waals surface area contributed by atoms with E-state index in [4.69, 9.17) is 10.5 Å². The van der Waals surface area contributed by atoms with Crippen LogP contribution >= 0.6 is 0 Å². The Hall–Kier alpha value is -2.76. The van der Waals surface area contributed by atoms with Gasteiger partial charge < -0.3 is 10.5 Å². The lowest BCUT2D eigenvalue weighted by molar-refractivity contribution is 0.354. The van der Waals surface area contributed by atoms with E-state index in [1.54, 1.807) is 0 Å². The zero-order valence-electron chi connectivity index (χ0n) is 11.9. The summed E-state index contributed by atoms with van der Waals surface area (Å²) in [6.07, 6.45) is 6.02. The summed E-state index contributed by atoms with van der Waals surface area (Å²) < 4.78 is 19.1. The Morgan fingerprint density at radius 2 is 2.09 bits per heavy atom. The lowest BCUT2D eigenvalue weighted by Crippen LogP contribution is -2.04. The molecule has 0 radical (unpaired) electrons. The fourth-order valence-corrected chi connectivity index (χ4v) is 2.21. The first-order valence-electron chi connectivity index (χ1n) is 6.94. The molecule has 112 valence electrons. The number of para-hydroxylation sites is 1. The minimum Gasteiger partial charge on any atom is -0.488 e. The lowest BCUT2D eigenvalue weighted by Gasteiger charge is -2.13. The third kappa shape index (κ3) is 3.28. The standard InChI is InChI=1S/C16H15FN4O/c17-12-5-3-4-11(8-12)9-22-14-7-2-1-6-13(14)15-19-10-20-16(18)21-15/h1-2,4,6-8,10H,3,5,9H2,(H2,18,19,20,21). The number of rotatable bonds is 4. The summed E-state index contributed by atoms with van der Waals surface area (Å²) in [4.78, 5) is 12.0. The van der Waals surface area contributed by atoms with E-state index in [1.807, 2.05) is 30.3 Å². The topological polar surface area (TPSA) is 73.9 Å². The zero-order valence-corrected chi connectivity index (χ0v) is 11.9. The Labute approximate surface area is 127 Å². The molecule has 1 aliphatic carbocycles. The van der Waals surface area contributed by atoms with E-state index >= 15 is 0 Å². The smallest absolute Gasteiger partial charge is 0.223 e. The van der Waals surface area contributed by atoms with Crippen LogP contribution in [0.15, 0.2) is 54.1 Å². The maximum Gasteiger partial charge on any atom is 0.223 e. The van der Waals surface area contributed by atoms with Crippen LogP contribution in [-0.4, -0.2) is 21.6 Å². The molecular weight excluding hydrogens is 283 g/mol. The maximum atomic E-state index is 13.3. The predicted molar refractivity (Wildman–Crippen MR) is 81.7 cm³/mol. The van der Waals surface area contributed by atoms with Gasteiger partial charge in [-0.3, -0.25) is 0 Å². The Kier molecular flexibility index (Phi) is 4.09. The van der Waals surface area contributed by atoms with Gasteiger partial charge in [0.1, 0.15) is 24.5 Å². The number of nitrogens with zero attached hydrogens (tertiary/aromatic N) is 3. The van der Waals surface area contributed by atoms with Crippen molar-refractivity contribution in [3.8, 4) is 17.1 Å². The number of aromatic nitrogens is 3. The van der Waals surface area contributed by atoms with E-state index in [9.17, 15) is 4.39 Å². The molecule has 5 nitrogen and oxygen atoms in total. The highest BCUT2D eigenvalue weighted by Gasteiger charge is 2.11. The predicted octanol–water partition coefficient (Wildman–Crippen LogP) is 3.07. The van der Waals surface area contributed by atoms with Crippen molar-refractivity contribution in [2.75, 3.05) is 12.3 Å². The van der Waals surface area contributed by atoms with Crippen molar-refractivity contribution < 1.29 is 9.13 Å². The molecule has 1 heterocycles. The van der Waals surface area contributed by atoms with Crippen LogP contribution in [0.1, 0.15) is 12.8 Å². The monoisotopic (exact) mass is 298 g/mol. The van der Waals surface area contributed by atoms with Crippen LogP contribution in [0.25, 0.3) is 11.4 Å². The van der Waals surface area contributed by atoms with Crippen LogP contribution < -0.4 is 10.5 Å². The molecule has 0 atom stereocenters. The third-order valence-corrected chi connectivity index (χ3v) is 3.24. The maximum absolute atomic E-state index is 13.3. The molecule has 0 saturated carbocycles. The third-order valence-electron chi connectivity index (χ3n) is 3.24. The Morgan fingerprint density at radius 1 is 1.23 bits per heavy atom. The summed E-state index contributed by atoms with van der Waals surface area (Å²) in [5, 5.41) is 0. The highest BCUT2D eigenvalue weighted by Crippen LogP contribution is 2.28.